The molecule has 0 spiro atoms. The minimum Gasteiger partial charge on any atom is -0.423 e. The van der Waals surface area contributed by atoms with Crippen molar-refractivity contribution in [1.29, 1.82) is 0 Å². The quantitative estimate of drug-likeness (QED) is 0.157. The molecule has 0 unspecified atom stereocenters. The third-order valence-electron chi connectivity index (χ3n) is 5.56. The molecule has 0 bridgehead atoms. The number of rotatable bonds is 5. The first-order chi connectivity index (χ1) is 19.1. The van der Waals surface area contributed by atoms with Crippen molar-refractivity contribution in [2.45, 2.75) is 17.2 Å². The Bertz CT molecular complexity index is 1910. The van der Waals surface area contributed by atoms with E-state index < -0.39 is 70.0 Å². The van der Waals surface area contributed by atoms with E-state index in [0.29, 0.717) is 10.8 Å². The smallest absolute Gasteiger partial charge is 0.416 e. The molecular weight excluding hydrogens is 697 g/mol. The summed E-state index contributed by atoms with van der Waals surface area (Å²) in [6.07, 6.45) is -10.6. The van der Waals surface area contributed by atoms with Crippen LogP contribution in [0, 0.1) is 7.14 Å². The molecule has 2 heterocycles. The molecule has 0 amide bonds. The second kappa shape index (κ2) is 10.3. The largest absolute Gasteiger partial charge is 0.423 e. The summed E-state index contributed by atoms with van der Waals surface area (Å²) >= 11 is -3.82. The normalized spacial score (nSPS) is 12.9. The van der Waals surface area contributed by atoms with Crippen LogP contribution in [0.4, 0.5) is 26.3 Å². The van der Waals surface area contributed by atoms with Crippen molar-refractivity contribution in [2.24, 2.45) is 0 Å². The van der Waals surface area contributed by atoms with E-state index in [1.54, 1.807) is 0 Å². The minimum atomic E-state index is -5.30. The zero-order valence-electron chi connectivity index (χ0n) is 19.9. The van der Waals surface area contributed by atoms with E-state index in [4.69, 9.17) is 11.3 Å². The first kappa shape index (κ1) is 28.8. The highest BCUT2D eigenvalue weighted by molar-refractivity contribution is 7.86. The maximum absolute atomic E-state index is 13.4. The van der Waals surface area contributed by atoms with Gasteiger partial charge in [-0.15, -0.1) is 0 Å². The Morgan fingerprint density at radius 3 is 1.44 bits per heavy atom. The van der Waals surface area contributed by atoms with E-state index in [0.717, 1.165) is 12.1 Å². The van der Waals surface area contributed by atoms with Crippen molar-refractivity contribution in [1.82, 2.24) is 0 Å². The first-order valence-corrected chi connectivity index (χ1v) is 15.6. The molecule has 0 saturated heterocycles. The first-order valence-electron chi connectivity index (χ1n) is 11.1. The fraction of sp³-hybridized carbons (Fsp3) is 0.0769. The summed E-state index contributed by atoms with van der Waals surface area (Å²) < 4.78 is 123. The van der Waals surface area contributed by atoms with Crippen LogP contribution in [-0.2, 0) is 25.0 Å². The van der Waals surface area contributed by atoms with Crippen LogP contribution in [0.2, 0.25) is 0 Å². The van der Waals surface area contributed by atoms with E-state index >= 15 is 0 Å². The monoisotopic (exact) mass is 710 g/mol. The Balaban J connectivity index is 1.69. The number of hydrogen-bond acceptors (Lipinski definition) is 7. The van der Waals surface area contributed by atoms with Gasteiger partial charge in [-0.2, -0.15) is 34.8 Å². The predicted molar refractivity (Wildman–Crippen MR) is 127 cm³/mol. The van der Waals surface area contributed by atoms with Crippen LogP contribution in [0.1, 0.15) is 11.1 Å². The van der Waals surface area contributed by atoms with Gasteiger partial charge in [0.25, 0.3) is 0 Å². The molecule has 0 atom stereocenters. The van der Waals surface area contributed by atoms with Gasteiger partial charge in [-0.25, -0.2) is 9.59 Å². The van der Waals surface area contributed by atoms with Gasteiger partial charge in [-0.3, -0.25) is 0 Å². The van der Waals surface area contributed by atoms with Gasteiger partial charge in [0.15, 0.2) is 7.14 Å². The van der Waals surface area contributed by atoms with Crippen molar-refractivity contribution >= 4 is 32.1 Å². The Labute approximate surface area is 233 Å². The highest BCUT2D eigenvalue weighted by atomic mass is 127. The average molecular weight is 710 g/mol. The van der Waals surface area contributed by atoms with Crippen molar-refractivity contribution in [3.63, 3.8) is 0 Å². The lowest BCUT2D eigenvalue weighted by molar-refractivity contribution is -1.03. The van der Waals surface area contributed by atoms with E-state index in [1.165, 1.54) is 48.5 Å². The Morgan fingerprint density at radius 2 is 1.02 bits per heavy atom. The van der Waals surface area contributed by atoms with E-state index in [9.17, 15) is 44.3 Å². The number of benzene rings is 3. The predicted octanol–water partition coefficient (Wildman–Crippen LogP) is 2.92. The molecular formula is C26H13F6IO7S+. The Morgan fingerprint density at radius 1 is 0.610 bits per heavy atom. The molecule has 1 radical (unpaired) electrons. The van der Waals surface area contributed by atoms with E-state index in [-0.39, 0.29) is 36.5 Å². The zero-order valence-corrected chi connectivity index (χ0v) is 22.9. The zero-order chi connectivity index (χ0) is 29.7. The molecule has 0 saturated carbocycles. The van der Waals surface area contributed by atoms with Gasteiger partial charge in [0.2, 0.25) is 0 Å². The third kappa shape index (κ3) is 6.15. The van der Waals surface area contributed by atoms with E-state index in [1.807, 2.05) is 0 Å². The summed E-state index contributed by atoms with van der Waals surface area (Å²) in [6.45, 7) is 0. The maximum atomic E-state index is 13.4. The van der Waals surface area contributed by atoms with Crippen LogP contribution in [0.5, 0.6) is 0 Å². The van der Waals surface area contributed by atoms with Gasteiger partial charge in [-0.05, 0) is 57.1 Å². The van der Waals surface area contributed by atoms with Crippen LogP contribution >= 0.6 is 0 Å². The Hall–Kier alpha value is -3.70. The molecule has 3 aromatic carbocycles. The van der Waals surface area contributed by atoms with Crippen LogP contribution in [0.25, 0.3) is 21.9 Å². The second-order valence-corrected chi connectivity index (χ2v) is 14.9. The standard InChI is InChI=1S/C26H13F6IO7S/c27-25(28,29)16-9-17(26(30,31)32)11-20(10-16)41(36,37)40-33(18-5-1-14-3-7-23(34)38-21(14)12-18)19-6-2-15-4-8-24(35)39-22(15)13-19/h1-13H/q+1. The fourth-order valence-corrected chi connectivity index (χ4v) is 10.7. The summed E-state index contributed by atoms with van der Waals surface area (Å²) in [5, 5.41) is 0.897. The molecule has 41 heavy (non-hydrogen) atoms. The summed E-state index contributed by atoms with van der Waals surface area (Å²) in [5.41, 5.74) is -5.06. The molecule has 5 rings (SSSR count). The molecule has 0 aliphatic heterocycles. The average Bonchev–Trinajstić information content (AvgIpc) is 2.89. The molecule has 2 aromatic heterocycles. The summed E-state index contributed by atoms with van der Waals surface area (Å²) in [5.74, 6) is 0. The van der Waals surface area contributed by atoms with Crippen molar-refractivity contribution in [2.75, 3.05) is 0 Å². The van der Waals surface area contributed by atoms with Crippen LogP contribution in [-0.4, -0.2) is 8.42 Å². The van der Waals surface area contributed by atoms with Gasteiger partial charge in [-0.1, -0.05) is 0 Å². The van der Waals surface area contributed by atoms with Crippen molar-refractivity contribution in [3.05, 3.63) is 118 Å². The highest BCUT2D eigenvalue weighted by Crippen LogP contribution is 2.37. The Kier molecular flexibility index (Phi) is 7.23. The van der Waals surface area contributed by atoms with Crippen LogP contribution in [0.15, 0.2) is 102 Å². The molecule has 0 aliphatic carbocycles. The van der Waals surface area contributed by atoms with Crippen molar-refractivity contribution < 1.29 is 66.3 Å². The summed E-state index contributed by atoms with van der Waals surface area (Å²) in [7, 11) is -5.26. The van der Waals surface area contributed by atoms with Crippen molar-refractivity contribution in [3.8, 4) is 0 Å². The minimum absolute atomic E-state index is 0.0315. The lowest BCUT2D eigenvalue weighted by Crippen LogP contribution is -3.85. The van der Waals surface area contributed by atoms with E-state index in [2.05, 4.69) is 0 Å². The molecule has 7 nitrogen and oxygen atoms in total. The van der Waals surface area contributed by atoms with Gasteiger partial charge in [0.1, 0.15) is 11.2 Å². The molecule has 213 valence electrons. The SMILES string of the molecule is O=c1ccc2ccc([I+](OS(=O)(=O)c3cc(C(F)(F)F)cc(C(F)(F)F)c3)c3ccc4ccc(=O)oc4c3)cc2o1. The molecule has 5 aromatic rings. The maximum Gasteiger partial charge on any atom is 0.416 e. The summed E-state index contributed by atoms with van der Waals surface area (Å²) in [4.78, 5) is 22.1. The number of hydrogen-bond donors (Lipinski definition) is 0. The summed E-state index contributed by atoms with van der Waals surface area (Å²) in [6, 6.07) is 13.5. The van der Waals surface area contributed by atoms with Gasteiger partial charge in [0.05, 0.1) is 16.0 Å². The second-order valence-electron chi connectivity index (χ2n) is 8.38. The van der Waals surface area contributed by atoms with Crippen LogP contribution < -0.4 is 31.5 Å². The number of fused-ring (bicyclic) bond motifs is 2. The van der Waals surface area contributed by atoms with Gasteiger partial charge in [0, 0.05) is 35.0 Å². The molecule has 15 heteroatoms. The van der Waals surface area contributed by atoms with Crippen LogP contribution in [0.3, 0.4) is 0 Å². The molecule has 0 fully saturated rings. The highest BCUT2D eigenvalue weighted by Gasteiger charge is 2.42. The molecule has 0 N–H and O–H groups in total. The van der Waals surface area contributed by atoms with Gasteiger partial charge < -0.3 is 8.83 Å². The fourth-order valence-electron chi connectivity index (χ4n) is 3.67. The topological polar surface area (TPSA) is 104 Å². The molecule has 0 aliphatic rings. The third-order valence-corrected chi connectivity index (χ3v) is 12.8. The lowest BCUT2D eigenvalue weighted by Gasteiger charge is -2.14. The lowest BCUT2D eigenvalue weighted by atomic mass is 10.1. The number of halogens is 7. The number of alkyl halides is 6. The van der Waals surface area contributed by atoms with Gasteiger partial charge >= 0.3 is 54.0 Å².